The van der Waals surface area contributed by atoms with Gasteiger partial charge in [-0.05, 0) is 18.2 Å². The van der Waals surface area contributed by atoms with Crippen molar-refractivity contribution in [3.8, 4) is 0 Å². The Morgan fingerprint density at radius 2 is 2.00 bits per heavy atom. The van der Waals surface area contributed by atoms with Crippen molar-refractivity contribution >= 4 is 53.1 Å². The second-order valence-corrected chi connectivity index (χ2v) is 5.09. The highest BCUT2D eigenvalue weighted by Gasteiger charge is 2.13. The lowest BCUT2D eigenvalue weighted by molar-refractivity contribution is -0.125. The average Bonchev–Trinajstić information content (AvgIpc) is 2.46. The van der Waals surface area contributed by atoms with Crippen LogP contribution in [0.4, 0.5) is 5.69 Å². The van der Waals surface area contributed by atoms with Crippen LogP contribution in [0.25, 0.3) is 0 Å². The number of hydrogen-bond acceptors (Lipinski definition) is 4. The molecule has 0 aromatic heterocycles. The van der Waals surface area contributed by atoms with Crippen molar-refractivity contribution in [3.05, 3.63) is 28.2 Å². The van der Waals surface area contributed by atoms with Crippen LogP contribution in [0.5, 0.6) is 0 Å². The van der Waals surface area contributed by atoms with E-state index in [2.05, 4.69) is 10.6 Å². The Bertz CT molecular complexity index is 511. The van der Waals surface area contributed by atoms with E-state index >= 15 is 0 Å². The molecule has 9 heteroatoms. The van der Waals surface area contributed by atoms with E-state index in [0.29, 0.717) is 15.7 Å². The van der Waals surface area contributed by atoms with Gasteiger partial charge in [0.2, 0.25) is 11.8 Å². The Morgan fingerprint density at radius 1 is 1.32 bits per heavy atom. The molecule has 0 aliphatic carbocycles. The minimum atomic E-state index is -0.408. The van der Waals surface area contributed by atoms with Crippen LogP contribution in [-0.4, -0.2) is 38.1 Å². The van der Waals surface area contributed by atoms with Crippen molar-refractivity contribution in [2.75, 3.05) is 25.5 Å². The number of methoxy groups -OCH3 is 1. The maximum absolute atomic E-state index is 11.7. The van der Waals surface area contributed by atoms with E-state index in [1.807, 2.05) is 0 Å². The van der Waals surface area contributed by atoms with Gasteiger partial charge in [-0.3, -0.25) is 9.59 Å². The number of amides is 2. The van der Waals surface area contributed by atoms with Crippen molar-refractivity contribution in [1.29, 1.82) is 0 Å². The maximum Gasteiger partial charge on any atom is 0.243 e. The van der Waals surface area contributed by atoms with Gasteiger partial charge in [-0.2, -0.15) is 0 Å². The van der Waals surface area contributed by atoms with E-state index in [1.54, 1.807) is 12.1 Å². The first kappa shape index (κ1) is 20.9. The summed E-state index contributed by atoms with van der Waals surface area (Å²) in [6.45, 7) is 0.0525. The molecule has 1 atom stereocenters. The van der Waals surface area contributed by atoms with Gasteiger partial charge in [0.05, 0.1) is 29.8 Å². The van der Waals surface area contributed by atoms with Crippen LogP contribution in [0.2, 0.25) is 10.0 Å². The Kier molecular flexibility index (Phi) is 10.1. The van der Waals surface area contributed by atoms with Gasteiger partial charge in [0.15, 0.2) is 0 Å². The standard InChI is InChI=1S/C13H17Cl2N3O3.ClH/c1-21-9(6-16)5-12(19)17-7-13(20)18-11-4-8(14)2-3-10(11)15;/h2-4,9H,5-7,16H2,1H3,(H,17,19)(H,18,20);1H. The molecular formula is C13H18Cl3N3O3. The fourth-order valence-corrected chi connectivity index (χ4v) is 1.85. The van der Waals surface area contributed by atoms with Crippen molar-refractivity contribution in [2.45, 2.75) is 12.5 Å². The SMILES string of the molecule is COC(CN)CC(=O)NCC(=O)Nc1cc(Cl)ccc1Cl.Cl. The molecule has 4 N–H and O–H groups in total. The normalized spacial score (nSPS) is 11.3. The first-order chi connectivity index (χ1) is 9.96. The molecule has 1 aromatic rings. The van der Waals surface area contributed by atoms with Crippen molar-refractivity contribution in [1.82, 2.24) is 5.32 Å². The number of ether oxygens (including phenoxy) is 1. The van der Waals surface area contributed by atoms with Crippen LogP contribution in [-0.2, 0) is 14.3 Å². The van der Waals surface area contributed by atoms with Gasteiger partial charge in [0.25, 0.3) is 0 Å². The van der Waals surface area contributed by atoms with Gasteiger partial charge in [0.1, 0.15) is 0 Å². The first-order valence-electron chi connectivity index (χ1n) is 6.20. The summed E-state index contributed by atoms with van der Waals surface area (Å²) in [7, 11) is 1.47. The van der Waals surface area contributed by atoms with Crippen LogP contribution < -0.4 is 16.4 Å². The van der Waals surface area contributed by atoms with Gasteiger partial charge in [-0.25, -0.2) is 0 Å². The predicted octanol–water partition coefficient (Wildman–Crippen LogP) is 1.83. The van der Waals surface area contributed by atoms with Crippen LogP contribution in [0.3, 0.4) is 0 Å². The molecule has 0 saturated carbocycles. The number of carbonyl (C=O) groups is 2. The number of halogens is 3. The molecule has 1 rings (SSSR count). The summed E-state index contributed by atoms with van der Waals surface area (Å²) in [6, 6.07) is 4.71. The average molecular weight is 371 g/mol. The molecule has 0 aliphatic rings. The van der Waals surface area contributed by atoms with Gasteiger partial charge in [-0.1, -0.05) is 23.2 Å². The fourth-order valence-electron chi connectivity index (χ4n) is 1.51. The molecule has 0 aliphatic heterocycles. The summed E-state index contributed by atoms with van der Waals surface area (Å²) in [4.78, 5) is 23.3. The maximum atomic E-state index is 11.7. The lowest BCUT2D eigenvalue weighted by atomic mass is 10.2. The van der Waals surface area contributed by atoms with Gasteiger partial charge in [-0.15, -0.1) is 12.4 Å². The van der Waals surface area contributed by atoms with Gasteiger partial charge < -0.3 is 21.1 Å². The smallest absolute Gasteiger partial charge is 0.243 e. The first-order valence-corrected chi connectivity index (χ1v) is 6.96. The van der Waals surface area contributed by atoms with E-state index in [-0.39, 0.29) is 43.9 Å². The van der Waals surface area contributed by atoms with E-state index in [4.69, 9.17) is 33.7 Å². The third-order valence-corrected chi connectivity index (χ3v) is 3.22. The zero-order valence-corrected chi connectivity index (χ0v) is 14.2. The molecule has 0 heterocycles. The Morgan fingerprint density at radius 3 is 2.59 bits per heavy atom. The molecule has 0 bridgehead atoms. The lowest BCUT2D eigenvalue weighted by Gasteiger charge is -2.13. The highest BCUT2D eigenvalue weighted by Crippen LogP contribution is 2.25. The predicted molar refractivity (Wildman–Crippen MR) is 89.8 cm³/mol. The van der Waals surface area contributed by atoms with E-state index < -0.39 is 5.91 Å². The summed E-state index contributed by atoms with van der Waals surface area (Å²) in [5.74, 6) is -0.728. The number of nitrogens with two attached hydrogens (primary N) is 1. The highest BCUT2D eigenvalue weighted by molar-refractivity contribution is 6.35. The fraction of sp³-hybridized carbons (Fsp3) is 0.385. The van der Waals surface area contributed by atoms with Crippen LogP contribution in [0, 0.1) is 0 Å². The summed E-state index contributed by atoms with van der Waals surface area (Å²) in [5, 5.41) is 5.85. The van der Waals surface area contributed by atoms with Crippen molar-refractivity contribution in [3.63, 3.8) is 0 Å². The van der Waals surface area contributed by atoms with Crippen molar-refractivity contribution < 1.29 is 14.3 Å². The lowest BCUT2D eigenvalue weighted by Crippen LogP contribution is -2.36. The third-order valence-electron chi connectivity index (χ3n) is 2.66. The summed E-state index contributed by atoms with van der Waals surface area (Å²) in [6.07, 6.45) is -0.270. The quantitative estimate of drug-likeness (QED) is 0.682. The monoisotopic (exact) mass is 369 g/mol. The molecule has 6 nitrogen and oxygen atoms in total. The topological polar surface area (TPSA) is 93.4 Å². The number of anilines is 1. The largest absolute Gasteiger partial charge is 0.380 e. The molecule has 1 aromatic carbocycles. The second kappa shape index (κ2) is 10.6. The number of rotatable bonds is 7. The van der Waals surface area contributed by atoms with Crippen molar-refractivity contribution in [2.24, 2.45) is 5.73 Å². The molecular weight excluding hydrogens is 353 g/mol. The summed E-state index contributed by atoms with van der Waals surface area (Å²) < 4.78 is 4.98. The minimum Gasteiger partial charge on any atom is -0.380 e. The number of nitrogens with one attached hydrogen (secondary N) is 2. The molecule has 22 heavy (non-hydrogen) atoms. The molecule has 0 saturated heterocycles. The Hall–Kier alpha value is -1.05. The highest BCUT2D eigenvalue weighted by atomic mass is 35.5. The number of benzene rings is 1. The van der Waals surface area contributed by atoms with E-state index in [9.17, 15) is 9.59 Å². The Balaban J connectivity index is 0.00000441. The summed E-state index contributed by atoms with van der Waals surface area (Å²) in [5.41, 5.74) is 5.80. The zero-order chi connectivity index (χ0) is 15.8. The molecule has 2 amide bonds. The molecule has 124 valence electrons. The summed E-state index contributed by atoms with van der Waals surface area (Å²) >= 11 is 11.7. The second-order valence-electron chi connectivity index (χ2n) is 4.25. The van der Waals surface area contributed by atoms with Crippen LogP contribution in [0.1, 0.15) is 6.42 Å². The number of hydrogen-bond donors (Lipinski definition) is 3. The van der Waals surface area contributed by atoms with Crippen LogP contribution >= 0.6 is 35.6 Å². The molecule has 0 fully saturated rings. The van der Waals surface area contributed by atoms with E-state index in [0.717, 1.165) is 0 Å². The Labute approximate surface area is 145 Å². The zero-order valence-electron chi connectivity index (χ0n) is 11.9. The van der Waals surface area contributed by atoms with Gasteiger partial charge in [0, 0.05) is 18.7 Å². The molecule has 0 radical (unpaired) electrons. The molecule has 1 unspecified atom stereocenters. The van der Waals surface area contributed by atoms with E-state index in [1.165, 1.54) is 13.2 Å². The molecule has 0 spiro atoms. The number of carbonyl (C=O) groups excluding carboxylic acids is 2. The third kappa shape index (κ3) is 7.29. The van der Waals surface area contributed by atoms with Gasteiger partial charge >= 0.3 is 0 Å². The minimum absolute atomic E-state index is 0. The van der Waals surface area contributed by atoms with Crippen LogP contribution in [0.15, 0.2) is 18.2 Å².